The molecule has 0 unspecified atom stereocenters. The molecule has 0 saturated heterocycles. The molecular weight excluding hydrogens is 171 g/mol. The third-order valence-corrected chi connectivity index (χ3v) is 2.33. The van der Waals surface area contributed by atoms with Gasteiger partial charge in [-0.15, -0.1) is 0 Å². The number of rotatable bonds is 4. The Hall–Kier alpha value is -0.915. The Kier molecular flexibility index (Phi) is 4.06. The van der Waals surface area contributed by atoms with E-state index in [0.717, 1.165) is 41.8 Å². The second-order valence-corrected chi connectivity index (χ2v) is 3.67. The van der Waals surface area contributed by atoms with E-state index >= 15 is 0 Å². The van der Waals surface area contributed by atoms with E-state index in [4.69, 9.17) is 12.6 Å². The van der Waals surface area contributed by atoms with E-state index < -0.39 is 0 Å². The van der Waals surface area contributed by atoms with Crippen LogP contribution < -0.4 is 10.2 Å². The molecule has 1 aromatic rings. The molecule has 1 nitrogen and oxygen atoms in total. The van der Waals surface area contributed by atoms with Crippen LogP contribution in [-0.4, -0.2) is 14.5 Å². The van der Waals surface area contributed by atoms with E-state index in [2.05, 4.69) is 6.92 Å². The Morgan fingerprint density at radius 2 is 1.79 bits per heavy atom. The van der Waals surface area contributed by atoms with Gasteiger partial charge < -0.3 is 4.74 Å². The highest BCUT2D eigenvalue weighted by atomic mass is 16.5. The Morgan fingerprint density at radius 3 is 2.29 bits per heavy atom. The number of hydrogen-bond donors (Lipinski definition) is 0. The van der Waals surface area contributed by atoms with E-state index in [1.165, 1.54) is 0 Å². The molecule has 0 fully saturated rings. The van der Waals surface area contributed by atoms with Crippen molar-refractivity contribution in [2.24, 2.45) is 0 Å². The number of hydrogen-bond acceptors (Lipinski definition) is 1. The zero-order chi connectivity index (χ0) is 10.6. The molecule has 0 N–H and O–H groups in total. The van der Waals surface area contributed by atoms with Gasteiger partial charge in [0, 0.05) is 0 Å². The zero-order valence-corrected chi connectivity index (χ0v) is 9.26. The molecule has 0 saturated carbocycles. The minimum absolute atomic E-state index is 0.791. The summed E-state index contributed by atoms with van der Waals surface area (Å²) in [6, 6.07) is 4.00. The van der Waals surface area contributed by atoms with Gasteiger partial charge in [0.2, 0.25) is 0 Å². The highest BCUT2D eigenvalue weighted by Crippen LogP contribution is 2.14. The summed E-state index contributed by atoms with van der Waals surface area (Å²) in [5, 5.41) is 0. The average molecular weight is 188 g/mol. The van der Waals surface area contributed by atoms with Gasteiger partial charge in [-0.25, -0.2) is 0 Å². The number of aryl methyl sites for hydroxylation is 2. The summed E-state index contributed by atoms with van der Waals surface area (Å²) in [5.41, 5.74) is 3.06. The van der Waals surface area contributed by atoms with Crippen LogP contribution in [0.3, 0.4) is 0 Å². The van der Waals surface area contributed by atoms with Gasteiger partial charge in [0.1, 0.15) is 13.6 Å². The van der Waals surface area contributed by atoms with Crippen molar-refractivity contribution in [3.05, 3.63) is 23.3 Å². The molecule has 0 bridgehead atoms. The van der Waals surface area contributed by atoms with Crippen LogP contribution in [0.15, 0.2) is 12.1 Å². The monoisotopic (exact) mass is 188 g/mol. The van der Waals surface area contributed by atoms with Crippen molar-refractivity contribution in [3.8, 4) is 5.75 Å². The van der Waals surface area contributed by atoms with E-state index in [1.54, 1.807) is 0 Å². The number of ether oxygens (including phenoxy) is 1. The fourth-order valence-corrected chi connectivity index (χ4v) is 1.35. The molecule has 1 aromatic carbocycles. The second-order valence-electron chi connectivity index (χ2n) is 3.67. The molecule has 0 heterocycles. The van der Waals surface area contributed by atoms with Crippen LogP contribution in [0, 0.1) is 13.8 Å². The minimum Gasteiger partial charge on any atom is -0.494 e. The van der Waals surface area contributed by atoms with Crippen molar-refractivity contribution in [1.29, 1.82) is 0 Å². The predicted molar refractivity (Wildman–Crippen MR) is 61.7 cm³/mol. The van der Waals surface area contributed by atoms with Crippen molar-refractivity contribution in [2.75, 3.05) is 6.61 Å². The first-order valence-corrected chi connectivity index (χ1v) is 5.14. The lowest BCUT2D eigenvalue weighted by atomic mass is 9.87. The van der Waals surface area contributed by atoms with Gasteiger partial charge in [0.15, 0.2) is 0 Å². The van der Waals surface area contributed by atoms with Crippen molar-refractivity contribution in [1.82, 2.24) is 0 Å². The second kappa shape index (κ2) is 5.09. The Labute approximate surface area is 87.9 Å². The molecule has 0 atom stereocenters. The summed E-state index contributed by atoms with van der Waals surface area (Å²) in [5.74, 6) is 0.933. The van der Waals surface area contributed by atoms with Gasteiger partial charge in [-0.2, -0.15) is 0 Å². The molecule has 0 aromatic heterocycles. The van der Waals surface area contributed by atoms with Crippen LogP contribution >= 0.6 is 0 Å². The van der Waals surface area contributed by atoms with E-state index in [1.807, 2.05) is 26.0 Å². The lowest BCUT2D eigenvalue weighted by Crippen LogP contribution is -2.12. The van der Waals surface area contributed by atoms with Crippen LogP contribution in [0.5, 0.6) is 5.75 Å². The molecule has 2 heteroatoms. The van der Waals surface area contributed by atoms with Crippen LogP contribution in [0.1, 0.15) is 30.9 Å². The summed E-state index contributed by atoms with van der Waals surface area (Å²) in [4.78, 5) is 0. The van der Waals surface area contributed by atoms with Crippen molar-refractivity contribution < 1.29 is 4.74 Å². The average Bonchev–Trinajstić information content (AvgIpc) is 2.14. The maximum absolute atomic E-state index is 5.85. The van der Waals surface area contributed by atoms with Crippen LogP contribution in [0.4, 0.5) is 0 Å². The molecular formula is C12H17BO. The Morgan fingerprint density at radius 1 is 1.21 bits per heavy atom. The third kappa shape index (κ3) is 2.79. The fourth-order valence-electron chi connectivity index (χ4n) is 1.35. The van der Waals surface area contributed by atoms with E-state index in [9.17, 15) is 0 Å². The summed E-state index contributed by atoms with van der Waals surface area (Å²) in [7, 11) is 5.85. The van der Waals surface area contributed by atoms with Gasteiger partial charge >= 0.3 is 0 Å². The highest BCUT2D eigenvalue weighted by Gasteiger charge is 2.00. The Bertz CT molecular complexity index is 284. The molecule has 74 valence electrons. The lowest BCUT2D eigenvalue weighted by molar-refractivity contribution is 0.309. The maximum atomic E-state index is 5.85. The van der Waals surface area contributed by atoms with Gasteiger partial charge in [-0.05, 0) is 32.4 Å². The van der Waals surface area contributed by atoms with Gasteiger partial charge in [0.25, 0.3) is 0 Å². The predicted octanol–water partition coefficient (Wildman–Crippen LogP) is 2.28. The van der Waals surface area contributed by atoms with Crippen molar-refractivity contribution >= 4 is 13.3 Å². The summed E-state index contributed by atoms with van der Waals surface area (Å²) in [6.07, 6.45) is 2.26. The first-order chi connectivity index (χ1) is 6.65. The molecule has 0 aliphatic heterocycles. The van der Waals surface area contributed by atoms with Gasteiger partial charge in [0.05, 0.1) is 6.61 Å². The lowest BCUT2D eigenvalue weighted by Gasteiger charge is -2.10. The number of benzene rings is 1. The highest BCUT2D eigenvalue weighted by molar-refractivity contribution is 6.34. The minimum atomic E-state index is 0.791. The topological polar surface area (TPSA) is 9.23 Å². The van der Waals surface area contributed by atoms with Crippen molar-refractivity contribution in [2.45, 2.75) is 33.6 Å². The third-order valence-electron chi connectivity index (χ3n) is 2.33. The van der Waals surface area contributed by atoms with Crippen molar-refractivity contribution in [3.63, 3.8) is 0 Å². The number of unbranched alkanes of at least 4 members (excludes halogenated alkanes) is 1. The molecule has 0 amide bonds. The van der Waals surface area contributed by atoms with Crippen LogP contribution in [-0.2, 0) is 0 Å². The van der Waals surface area contributed by atoms with E-state index in [0.29, 0.717) is 0 Å². The maximum Gasteiger partial charge on any atom is 0.119 e. The standard InChI is InChI=1S/C12H17BO/c1-4-5-6-14-11-7-9(2)12(13)10(3)8-11/h7-8H,4-6H2,1-3H3. The first kappa shape index (κ1) is 11.2. The SMILES string of the molecule is [B]c1c(C)cc(OCCCC)cc1C. The summed E-state index contributed by atoms with van der Waals surface area (Å²) >= 11 is 0. The van der Waals surface area contributed by atoms with E-state index in [-0.39, 0.29) is 0 Å². The molecule has 0 aliphatic carbocycles. The smallest absolute Gasteiger partial charge is 0.119 e. The quantitative estimate of drug-likeness (QED) is 0.520. The first-order valence-electron chi connectivity index (χ1n) is 5.14. The molecule has 2 radical (unpaired) electrons. The normalized spacial score (nSPS) is 10.2. The summed E-state index contributed by atoms with van der Waals surface area (Å²) in [6.45, 7) is 6.96. The molecule has 14 heavy (non-hydrogen) atoms. The summed E-state index contributed by atoms with van der Waals surface area (Å²) < 4.78 is 5.61. The molecule has 0 spiro atoms. The largest absolute Gasteiger partial charge is 0.494 e. The fraction of sp³-hybridized carbons (Fsp3) is 0.500. The Balaban J connectivity index is 2.69. The van der Waals surface area contributed by atoms with Gasteiger partial charge in [-0.3, -0.25) is 0 Å². The van der Waals surface area contributed by atoms with Crippen LogP contribution in [0.25, 0.3) is 0 Å². The zero-order valence-electron chi connectivity index (χ0n) is 9.26. The molecule has 1 rings (SSSR count). The van der Waals surface area contributed by atoms with Gasteiger partial charge in [-0.1, -0.05) is 29.9 Å². The molecule has 0 aliphatic rings. The van der Waals surface area contributed by atoms with Crippen LogP contribution in [0.2, 0.25) is 0 Å².